The Morgan fingerprint density at radius 2 is 1.75 bits per heavy atom. The Morgan fingerprint density at radius 3 is 2.25 bits per heavy atom. The zero-order valence-electron chi connectivity index (χ0n) is 13.1. The number of hydrogen-bond acceptors (Lipinski definition) is 5. The van der Waals surface area contributed by atoms with Gasteiger partial charge in [-0.25, -0.2) is 4.98 Å². The first kappa shape index (κ1) is 15.2. The fourth-order valence-corrected chi connectivity index (χ4v) is 2.38. The smallest absolute Gasteiger partial charge is 0.147 e. The van der Waals surface area contributed by atoms with Crippen molar-refractivity contribution in [2.45, 2.75) is 46.3 Å². The Bertz CT molecular complexity index is 393. The maximum absolute atomic E-state index is 4.56. The van der Waals surface area contributed by atoms with E-state index in [1.54, 1.807) is 0 Å². The van der Waals surface area contributed by atoms with Crippen LogP contribution in [-0.4, -0.2) is 53.1 Å². The first-order valence-corrected chi connectivity index (χ1v) is 7.59. The molecular formula is C15H27N5. The number of nitrogens with one attached hydrogen (secondary N) is 1. The molecule has 0 aromatic carbocycles. The fraction of sp³-hybridized carbons (Fsp3) is 0.733. The molecule has 2 rings (SSSR count). The molecule has 0 saturated carbocycles. The van der Waals surface area contributed by atoms with Gasteiger partial charge in [0.05, 0.1) is 18.1 Å². The van der Waals surface area contributed by atoms with Crippen LogP contribution in [0.2, 0.25) is 0 Å². The van der Waals surface area contributed by atoms with E-state index in [0.717, 1.165) is 44.2 Å². The van der Waals surface area contributed by atoms with E-state index in [-0.39, 0.29) is 0 Å². The average molecular weight is 277 g/mol. The van der Waals surface area contributed by atoms with Gasteiger partial charge in [-0.2, -0.15) is 0 Å². The summed E-state index contributed by atoms with van der Waals surface area (Å²) in [5.41, 5.74) is 1.00. The normalized spacial score (nSPS) is 17.2. The van der Waals surface area contributed by atoms with E-state index >= 15 is 0 Å². The molecule has 1 aromatic rings. The summed E-state index contributed by atoms with van der Waals surface area (Å²) in [6, 6.07) is 1.10. The summed E-state index contributed by atoms with van der Waals surface area (Å²) in [6.07, 6.45) is 3.79. The maximum atomic E-state index is 4.56. The predicted molar refractivity (Wildman–Crippen MR) is 82.9 cm³/mol. The lowest BCUT2D eigenvalue weighted by Crippen LogP contribution is -2.49. The molecule has 5 heteroatoms. The van der Waals surface area contributed by atoms with Gasteiger partial charge in [-0.1, -0.05) is 13.8 Å². The zero-order chi connectivity index (χ0) is 14.5. The molecule has 0 atom stereocenters. The third-order valence-electron chi connectivity index (χ3n) is 3.75. The van der Waals surface area contributed by atoms with Crippen LogP contribution < -0.4 is 10.2 Å². The predicted octanol–water partition coefficient (Wildman–Crippen LogP) is 1.50. The van der Waals surface area contributed by atoms with Crippen molar-refractivity contribution in [1.82, 2.24) is 20.2 Å². The monoisotopic (exact) mass is 277 g/mol. The van der Waals surface area contributed by atoms with Gasteiger partial charge in [-0.15, -0.1) is 0 Å². The van der Waals surface area contributed by atoms with Crippen LogP contribution in [0.3, 0.4) is 0 Å². The zero-order valence-corrected chi connectivity index (χ0v) is 13.1. The molecule has 0 amide bonds. The highest BCUT2D eigenvalue weighted by Crippen LogP contribution is 2.13. The second kappa shape index (κ2) is 6.99. The molecule has 5 nitrogen and oxygen atoms in total. The van der Waals surface area contributed by atoms with Crippen molar-refractivity contribution in [2.75, 3.05) is 31.1 Å². The number of nitrogens with zero attached hydrogens (tertiary/aromatic N) is 4. The minimum Gasteiger partial charge on any atom is -0.353 e. The van der Waals surface area contributed by atoms with Gasteiger partial charge in [0.25, 0.3) is 0 Å². The molecule has 0 aliphatic carbocycles. The van der Waals surface area contributed by atoms with Crippen LogP contribution in [0.1, 0.15) is 33.4 Å². The number of rotatable bonds is 5. The first-order chi connectivity index (χ1) is 9.56. The molecule has 1 saturated heterocycles. The first-order valence-electron chi connectivity index (χ1n) is 7.59. The summed E-state index contributed by atoms with van der Waals surface area (Å²) < 4.78 is 0. The molecule has 0 unspecified atom stereocenters. The van der Waals surface area contributed by atoms with Crippen molar-refractivity contribution in [2.24, 2.45) is 0 Å². The molecule has 1 N–H and O–H groups in total. The standard InChI is InChI=1S/C15H27N5/c1-12(2)16-9-14-10-18-15(11-17-14)20-7-5-19(6-8-20)13(3)4/h10-13,16H,5-9H2,1-4H3. The van der Waals surface area contributed by atoms with Gasteiger partial charge in [-0.3, -0.25) is 9.88 Å². The molecule has 2 heterocycles. The Labute approximate surface area is 122 Å². The van der Waals surface area contributed by atoms with Crippen molar-refractivity contribution in [1.29, 1.82) is 0 Å². The Hall–Kier alpha value is -1.20. The van der Waals surface area contributed by atoms with Gasteiger partial charge in [0.2, 0.25) is 0 Å². The maximum Gasteiger partial charge on any atom is 0.147 e. The molecule has 1 fully saturated rings. The molecule has 112 valence electrons. The van der Waals surface area contributed by atoms with Gasteiger partial charge in [-0.05, 0) is 13.8 Å². The summed E-state index contributed by atoms with van der Waals surface area (Å²) in [5, 5.41) is 3.36. The molecular weight excluding hydrogens is 250 g/mol. The molecule has 0 spiro atoms. The molecule has 20 heavy (non-hydrogen) atoms. The third kappa shape index (κ3) is 4.15. The summed E-state index contributed by atoms with van der Waals surface area (Å²) in [5.74, 6) is 1.00. The molecule has 1 aliphatic heterocycles. The minimum absolute atomic E-state index is 0.473. The van der Waals surface area contributed by atoms with E-state index in [9.17, 15) is 0 Å². The van der Waals surface area contributed by atoms with E-state index in [2.05, 4.69) is 52.8 Å². The average Bonchev–Trinajstić information content (AvgIpc) is 2.46. The second-order valence-electron chi connectivity index (χ2n) is 6.02. The quantitative estimate of drug-likeness (QED) is 0.884. The lowest BCUT2D eigenvalue weighted by molar-refractivity contribution is 0.209. The number of aromatic nitrogens is 2. The van der Waals surface area contributed by atoms with Crippen LogP contribution >= 0.6 is 0 Å². The van der Waals surface area contributed by atoms with Crippen LogP contribution in [0, 0.1) is 0 Å². The Kier molecular flexibility index (Phi) is 5.31. The van der Waals surface area contributed by atoms with E-state index in [1.807, 2.05) is 12.4 Å². The summed E-state index contributed by atoms with van der Waals surface area (Å²) in [6.45, 7) is 13.9. The third-order valence-corrected chi connectivity index (χ3v) is 3.75. The number of piperazine rings is 1. The molecule has 1 aliphatic rings. The van der Waals surface area contributed by atoms with Crippen molar-refractivity contribution in [3.05, 3.63) is 18.1 Å². The van der Waals surface area contributed by atoms with Crippen molar-refractivity contribution in [3.63, 3.8) is 0 Å². The van der Waals surface area contributed by atoms with Crippen molar-refractivity contribution < 1.29 is 0 Å². The lowest BCUT2D eigenvalue weighted by Gasteiger charge is -2.37. The van der Waals surface area contributed by atoms with Crippen LogP contribution in [0.15, 0.2) is 12.4 Å². The fourth-order valence-electron chi connectivity index (χ4n) is 2.38. The number of anilines is 1. The highest BCUT2D eigenvalue weighted by atomic mass is 15.3. The van der Waals surface area contributed by atoms with Crippen molar-refractivity contribution in [3.8, 4) is 0 Å². The van der Waals surface area contributed by atoms with E-state index in [0.29, 0.717) is 12.1 Å². The summed E-state index contributed by atoms with van der Waals surface area (Å²) in [4.78, 5) is 13.9. The molecule has 0 radical (unpaired) electrons. The van der Waals surface area contributed by atoms with Crippen LogP contribution in [-0.2, 0) is 6.54 Å². The highest BCUT2D eigenvalue weighted by molar-refractivity contribution is 5.36. The largest absolute Gasteiger partial charge is 0.353 e. The SMILES string of the molecule is CC(C)NCc1cnc(N2CCN(C(C)C)CC2)cn1. The van der Waals surface area contributed by atoms with Gasteiger partial charge in [0.1, 0.15) is 5.82 Å². The minimum atomic E-state index is 0.473. The molecule has 0 bridgehead atoms. The topological polar surface area (TPSA) is 44.3 Å². The van der Waals surface area contributed by atoms with E-state index < -0.39 is 0 Å². The highest BCUT2D eigenvalue weighted by Gasteiger charge is 2.19. The molecule has 1 aromatic heterocycles. The Balaban J connectivity index is 1.87. The van der Waals surface area contributed by atoms with Gasteiger partial charge >= 0.3 is 0 Å². The van der Waals surface area contributed by atoms with Gasteiger partial charge in [0.15, 0.2) is 0 Å². The summed E-state index contributed by atoms with van der Waals surface area (Å²) in [7, 11) is 0. The second-order valence-corrected chi connectivity index (χ2v) is 6.02. The Morgan fingerprint density at radius 1 is 1.05 bits per heavy atom. The van der Waals surface area contributed by atoms with Gasteiger partial charge in [0, 0.05) is 44.8 Å². The van der Waals surface area contributed by atoms with Crippen molar-refractivity contribution >= 4 is 5.82 Å². The number of hydrogen-bond donors (Lipinski definition) is 1. The lowest BCUT2D eigenvalue weighted by atomic mass is 10.2. The van der Waals surface area contributed by atoms with E-state index in [1.165, 1.54) is 0 Å². The van der Waals surface area contributed by atoms with E-state index in [4.69, 9.17) is 0 Å². The summed E-state index contributed by atoms with van der Waals surface area (Å²) >= 11 is 0. The van der Waals surface area contributed by atoms with Crippen LogP contribution in [0.25, 0.3) is 0 Å². The van der Waals surface area contributed by atoms with Gasteiger partial charge < -0.3 is 10.2 Å². The van der Waals surface area contributed by atoms with Crippen LogP contribution in [0.5, 0.6) is 0 Å². The van der Waals surface area contributed by atoms with Crippen LogP contribution in [0.4, 0.5) is 5.82 Å².